The number of rotatable bonds is 0. The van der Waals surface area contributed by atoms with Gasteiger partial charge in [-0.3, -0.25) is 0 Å². The standard InChI is InChI=1S/C17H21NO3.C17H25NO.2C2H6/c1-18-7-6-17-10-3-5-13(20)16(17)21-15-12(19)4-2-9(14(15)17)8-11(10)18;1-18-9-8-17-7-3-2-4-14(17)16(18)10-12-5-6-13(19)11-15(12)17;2*1-2/h2-5,10-13,15-16,19-20H,6-8H2,1H3;5-6,13-14,16,19H,2-4,7-11H2,1H3;2*1-2H3/t10?,11?,12-,13-,15?,16?,17-;13-,14?,16?,17+;;/m00../s1. The third-order valence-electron chi connectivity index (χ3n) is 12.8. The first-order valence-corrected chi connectivity index (χ1v) is 17.9. The number of hydrogen-bond donors (Lipinski definition) is 3. The van der Waals surface area contributed by atoms with E-state index in [2.05, 4.69) is 42.1 Å². The van der Waals surface area contributed by atoms with E-state index < -0.39 is 12.2 Å². The molecule has 9 aliphatic rings. The number of hydrogen-bond acceptors (Lipinski definition) is 6. The van der Waals surface area contributed by atoms with Gasteiger partial charge in [0.05, 0.1) is 18.3 Å². The molecule has 1 spiro atoms. The lowest BCUT2D eigenvalue weighted by Gasteiger charge is -2.59. The summed E-state index contributed by atoms with van der Waals surface area (Å²) in [6.07, 6.45) is 21.6. The zero-order chi connectivity index (χ0) is 31.4. The van der Waals surface area contributed by atoms with Crippen molar-refractivity contribution in [2.75, 3.05) is 27.2 Å². The molecule has 44 heavy (non-hydrogen) atoms. The maximum absolute atomic E-state index is 10.5. The second-order valence-corrected chi connectivity index (χ2v) is 14.4. The highest BCUT2D eigenvalue weighted by Crippen LogP contribution is 2.64. The van der Waals surface area contributed by atoms with E-state index in [1.54, 1.807) is 11.1 Å². The van der Waals surface area contributed by atoms with Crippen LogP contribution in [0, 0.1) is 22.7 Å². The van der Waals surface area contributed by atoms with Crippen LogP contribution in [0.3, 0.4) is 0 Å². The van der Waals surface area contributed by atoms with E-state index in [0.717, 1.165) is 37.8 Å². The minimum Gasteiger partial charge on any atom is -0.389 e. The average Bonchev–Trinajstić information content (AvgIpc) is 3.42. The molecule has 4 fully saturated rings. The molecule has 9 rings (SSSR count). The molecule has 3 aliphatic heterocycles. The number of aliphatic hydroxyl groups is 3. The van der Waals surface area contributed by atoms with Gasteiger partial charge < -0.3 is 29.9 Å². The van der Waals surface area contributed by atoms with Crippen LogP contribution in [0.5, 0.6) is 0 Å². The summed E-state index contributed by atoms with van der Waals surface area (Å²) in [7, 11) is 4.52. The Morgan fingerprint density at radius 3 is 2.25 bits per heavy atom. The van der Waals surface area contributed by atoms with E-state index in [1.165, 1.54) is 56.2 Å². The Hall–Kier alpha value is -1.54. The van der Waals surface area contributed by atoms with Gasteiger partial charge >= 0.3 is 0 Å². The summed E-state index contributed by atoms with van der Waals surface area (Å²) < 4.78 is 6.21. The second kappa shape index (κ2) is 12.6. The van der Waals surface area contributed by atoms with Crippen LogP contribution in [0.15, 0.2) is 58.7 Å². The second-order valence-electron chi connectivity index (χ2n) is 14.4. The van der Waals surface area contributed by atoms with Crippen molar-refractivity contribution in [3.63, 3.8) is 0 Å². The van der Waals surface area contributed by atoms with Crippen molar-refractivity contribution >= 4 is 0 Å². The molecule has 3 N–H and O–H groups in total. The van der Waals surface area contributed by atoms with Crippen molar-refractivity contribution < 1.29 is 20.1 Å². The fraction of sp³-hybridized carbons (Fsp3) is 0.737. The van der Waals surface area contributed by atoms with Gasteiger partial charge in [0.2, 0.25) is 0 Å². The summed E-state index contributed by atoms with van der Waals surface area (Å²) in [6.45, 7) is 10.3. The number of aliphatic hydroxyl groups excluding tert-OH is 3. The molecular weight excluding hydrogens is 548 g/mol. The molecule has 0 aromatic rings. The van der Waals surface area contributed by atoms with E-state index in [-0.39, 0.29) is 23.7 Å². The Bertz CT molecular complexity index is 1240. The lowest BCUT2D eigenvalue weighted by Crippen LogP contribution is -2.61. The SMILES string of the molecule is CC.CC.CN1CC[C@]23C4=C5C=C[C@H](O)C4OC2[C@@H](O)C=CC3C1C5.CN1CC[C@]23CCCCC2C1CC1=C3C[C@@H](O)C=C1. The van der Waals surface area contributed by atoms with Gasteiger partial charge in [0.1, 0.15) is 12.2 Å². The van der Waals surface area contributed by atoms with Gasteiger partial charge in [-0.15, -0.1) is 0 Å². The molecule has 3 saturated heterocycles. The smallest absolute Gasteiger partial charge is 0.110 e. The summed E-state index contributed by atoms with van der Waals surface area (Å²) >= 11 is 0. The third-order valence-corrected chi connectivity index (χ3v) is 12.8. The van der Waals surface area contributed by atoms with Crippen molar-refractivity contribution in [2.45, 2.75) is 128 Å². The molecule has 0 aromatic heterocycles. The van der Waals surface area contributed by atoms with Crippen molar-refractivity contribution in [1.82, 2.24) is 9.80 Å². The number of allylic oxidation sites excluding steroid dienone is 2. The molecule has 6 heteroatoms. The van der Waals surface area contributed by atoms with E-state index in [1.807, 2.05) is 45.9 Å². The fourth-order valence-corrected chi connectivity index (χ4v) is 11.1. The quantitative estimate of drug-likeness (QED) is 0.314. The molecule has 4 bridgehead atoms. The Morgan fingerprint density at radius 1 is 0.750 bits per heavy atom. The Morgan fingerprint density at radius 2 is 1.45 bits per heavy atom. The summed E-state index contributed by atoms with van der Waals surface area (Å²) in [5, 5.41) is 30.8. The first-order chi connectivity index (χ1) is 21.3. The molecule has 6 nitrogen and oxygen atoms in total. The zero-order valence-electron chi connectivity index (χ0n) is 28.1. The molecule has 6 aliphatic carbocycles. The van der Waals surface area contributed by atoms with Gasteiger partial charge in [-0.1, -0.05) is 82.6 Å². The number of likely N-dealkylation sites (tertiary alicyclic amines) is 2. The van der Waals surface area contributed by atoms with Crippen LogP contribution in [0.4, 0.5) is 0 Å². The lowest BCUT2D eigenvalue weighted by atomic mass is 9.51. The van der Waals surface area contributed by atoms with E-state index in [0.29, 0.717) is 17.4 Å². The number of ether oxygens (including phenoxy) is 1. The zero-order valence-corrected chi connectivity index (χ0v) is 28.1. The largest absolute Gasteiger partial charge is 0.389 e. The van der Waals surface area contributed by atoms with Gasteiger partial charge in [-0.25, -0.2) is 0 Å². The van der Waals surface area contributed by atoms with Crippen molar-refractivity contribution in [2.24, 2.45) is 22.7 Å². The predicted octanol–water partition coefficient (Wildman–Crippen LogP) is 5.56. The van der Waals surface area contributed by atoms with Crippen LogP contribution < -0.4 is 0 Å². The van der Waals surface area contributed by atoms with Crippen LogP contribution >= 0.6 is 0 Å². The first kappa shape index (κ1) is 32.4. The molecule has 0 radical (unpaired) electrons. The topological polar surface area (TPSA) is 76.4 Å². The van der Waals surface area contributed by atoms with Gasteiger partial charge in [-0.05, 0) is 100 Å². The van der Waals surface area contributed by atoms with Gasteiger partial charge in [-0.2, -0.15) is 0 Å². The molecule has 1 saturated carbocycles. The minimum atomic E-state index is -0.576. The van der Waals surface area contributed by atoms with Crippen LogP contribution in [0.1, 0.15) is 85.5 Å². The maximum Gasteiger partial charge on any atom is 0.110 e. The lowest BCUT2D eigenvalue weighted by molar-refractivity contribution is -0.107. The Labute approximate surface area is 266 Å². The van der Waals surface area contributed by atoms with E-state index in [4.69, 9.17) is 4.74 Å². The van der Waals surface area contributed by atoms with Crippen LogP contribution in [-0.2, 0) is 4.74 Å². The van der Waals surface area contributed by atoms with Gasteiger partial charge in [0.25, 0.3) is 0 Å². The summed E-state index contributed by atoms with van der Waals surface area (Å²) in [6, 6.07) is 1.23. The highest BCUT2D eigenvalue weighted by molar-refractivity contribution is 5.49. The van der Waals surface area contributed by atoms with Crippen LogP contribution in [0.2, 0.25) is 0 Å². The first-order valence-electron chi connectivity index (χ1n) is 17.9. The molecular formula is C38H58N2O4. The highest BCUT2D eigenvalue weighted by atomic mass is 16.5. The van der Waals surface area contributed by atoms with Crippen LogP contribution in [0.25, 0.3) is 0 Å². The predicted molar refractivity (Wildman–Crippen MR) is 177 cm³/mol. The molecule has 11 atom stereocenters. The molecule has 6 unspecified atom stereocenters. The molecule has 3 heterocycles. The van der Waals surface area contributed by atoms with Crippen LogP contribution in [-0.4, -0.2) is 94.9 Å². The molecule has 0 amide bonds. The number of nitrogens with zero attached hydrogens (tertiary/aromatic N) is 2. The summed E-state index contributed by atoms with van der Waals surface area (Å²) in [5.41, 5.74) is 6.20. The molecule has 0 aromatic carbocycles. The average molecular weight is 607 g/mol. The minimum absolute atomic E-state index is 0.102. The third kappa shape index (κ3) is 4.73. The van der Waals surface area contributed by atoms with Gasteiger partial charge in [0.15, 0.2) is 0 Å². The Kier molecular flexibility index (Phi) is 9.26. The van der Waals surface area contributed by atoms with Crippen molar-refractivity contribution in [3.8, 4) is 0 Å². The van der Waals surface area contributed by atoms with E-state index in [9.17, 15) is 15.3 Å². The van der Waals surface area contributed by atoms with Gasteiger partial charge in [0, 0.05) is 23.4 Å². The van der Waals surface area contributed by atoms with Crippen molar-refractivity contribution in [1.29, 1.82) is 0 Å². The normalized spacial score (nSPS) is 45.9. The fourth-order valence-electron chi connectivity index (χ4n) is 11.1. The number of piperidine rings is 2. The van der Waals surface area contributed by atoms with Crippen molar-refractivity contribution in [3.05, 3.63) is 58.7 Å². The Balaban J connectivity index is 0.000000141. The van der Waals surface area contributed by atoms with E-state index >= 15 is 0 Å². The molecule has 244 valence electrons. The highest BCUT2D eigenvalue weighted by Gasteiger charge is 2.66. The maximum atomic E-state index is 10.5. The summed E-state index contributed by atoms with van der Waals surface area (Å²) in [4.78, 5) is 5.06. The summed E-state index contributed by atoms with van der Waals surface area (Å²) in [5.74, 6) is 1.25. The monoisotopic (exact) mass is 606 g/mol.